The average Bonchev–Trinajstić information content (AvgIpc) is 3.28. The van der Waals surface area contributed by atoms with Crippen LogP contribution in [0.25, 0.3) is 10.8 Å². The summed E-state index contributed by atoms with van der Waals surface area (Å²) in [5, 5.41) is 6.90. The predicted molar refractivity (Wildman–Crippen MR) is 99.9 cm³/mol. The van der Waals surface area contributed by atoms with Gasteiger partial charge in [-0.2, -0.15) is 13.2 Å². The zero-order chi connectivity index (χ0) is 21.2. The Morgan fingerprint density at radius 2 is 2.00 bits per heavy atom. The lowest BCUT2D eigenvalue weighted by Crippen LogP contribution is -2.32. The number of pyridine rings is 1. The van der Waals surface area contributed by atoms with E-state index < -0.39 is 22.1 Å². The van der Waals surface area contributed by atoms with Gasteiger partial charge in [-0.3, -0.25) is 9.29 Å². The molecular weight excluding hydrogens is 455 g/mol. The molecule has 0 radical (unpaired) electrons. The van der Waals surface area contributed by atoms with Crippen LogP contribution in [0, 0.1) is 0 Å². The molecule has 3 aromatic rings. The van der Waals surface area contributed by atoms with Gasteiger partial charge in [0.2, 0.25) is 10.0 Å². The Kier molecular flexibility index (Phi) is 6.10. The van der Waals surface area contributed by atoms with E-state index in [0.717, 1.165) is 15.6 Å². The van der Waals surface area contributed by atoms with E-state index in [0.29, 0.717) is 11.4 Å². The lowest BCUT2D eigenvalue weighted by molar-refractivity contribution is -0.156. The molecule has 0 aromatic carbocycles. The van der Waals surface area contributed by atoms with Gasteiger partial charge in [0.05, 0.1) is 35.4 Å². The number of aromatic nitrogens is 4. The standard InChI is InChI=1S/C15H13ClF3N5O3S2/c1-2-3-29(25,26)24(10-4-9(16)5-20-6-10)8-12-21-7-11(28-12)13-22-23-14(27-13)15(17,18)19/h4-7H,2-3,8H2,1H3. The molecule has 3 heterocycles. The van der Waals surface area contributed by atoms with Crippen molar-refractivity contribution in [2.75, 3.05) is 10.1 Å². The van der Waals surface area contributed by atoms with Crippen LogP contribution in [0.2, 0.25) is 5.02 Å². The lowest BCUT2D eigenvalue weighted by Gasteiger charge is -2.23. The van der Waals surface area contributed by atoms with Gasteiger partial charge in [-0.25, -0.2) is 13.4 Å². The lowest BCUT2D eigenvalue weighted by atomic mass is 10.4. The highest BCUT2D eigenvalue weighted by atomic mass is 35.5. The van der Waals surface area contributed by atoms with Crippen molar-refractivity contribution in [3.05, 3.63) is 40.6 Å². The molecule has 8 nitrogen and oxygen atoms in total. The molecule has 0 aliphatic rings. The minimum atomic E-state index is -4.76. The predicted octanol–water partition coefficient (Wildman–Crippen LogP) is 4.01. The smallest absolute Gasteiger partial charge is 0.412 e. The van der Waals surface area contributed by atoms with Crippen LogP contribution in [-0.4, -0.2) is 34.3 Å². The second-order valence-corrected chi connectivity index (χ2v) is 9.28. The third kappa shape index (κ3) is 5.03. The highest BCUT2D eigenvalue weighted by Crippen LogP contribution is 2.33. The van der Waals surface area contributed by atoms with Crippen LogP contribution in [-0.2, 0) is 22.7 Å². The van der Waals surface area contributed by atoms with Gasteiger partial charge < -0.3 is 4.42 Å². The molecule has 0 N–H and O–H groups in total. The fourth-order valence-corrected chi connectivity index (χ4v) is 4.85. The summed E-state index contributed by atoms with van der Waals surface area (Å²) in [6.45, 7) is 1.57. The molecule has 0 saturated carbocycles. The van der Waals surface area contributed by atoms with E-state index in [9.17, 15) is 21.6 Å². The molecule has 0 aliphatic carbocycles. The maximum absolute atomic E-state index is 12.7. The van der Waals surface area contributed by atoms with Crippen LogP contribution >= 0.6 is 22.9 Å². The van der Waals surface area contributed by atoms with Crippen molar-refractivity contribution in [3.8, 4) is 10.8 Å². The summed E-state index contributed by atoms with van der Waals surface area (Å²) in [7, 11) is -3.71. The van der Waals surface area contributed by atoms with Gasteiger partial charge in [-0.15, -0.1) is 21.5 Å². The van der Waals surface area contributed by atoms with E-state index in [1.165, 1.54) is 24.7 Å². The molecule has 0 spiro atoms. The first kappa shape index (κ1) is 21.5. The molecule has 0 bridgehead atoms. The number of hydrogen-bond acceptors (Lipinski definition) is 8. The van der Waals surface area contributed by atoms with Gasteiger partial charge in [0.25, 0.3) is 5.89 Å². The Balaban J connectivity index is 1.90. The summed E-state index contributed by atoms with van der Waals surface area (Å²) in [4.78, 5) is 8.16. The molecule has 29 heavy (non-hydrogen) atoms. The van der Waals surface area contributed by atoms with E-state index in [4.69, 9.17) is 11.6 Å². The second kappa shape index (κ2) is 8.24. The van der Waals surface area contributed by atoms with Gasteiger partial charge in [0.1, 0.15) is 9.88 Å². The van der Waals surface area contributed by atoms with Crippen LogP contribution in [0.1, 0.15) is 24.2 Å². The van der Waals surface area contributed by atoms with Crippen molar-refractivity contribution >= 4 is 38.6 Å². The van der Waals surface area contributed by atoms with Crippen LogP contribution in [0.15, 0.2) is 29.1 Å². The number of rotatable bonds is 7. The number of sulfonamides is 1. The number of anilines is 1. The number of thiazole rings is 1. The largest absolute Gasteiger partial charge is 0.470 e. The third-order valence-corrected chi connectivity index (χ3v) is 6.60. The molecule has 0 amide bonds. The fraction of sp³-hybridized carbons (Fsp3) is 0.333. The first-order chi connectivity index (χ1) is 13.6. The van der Waals surface area contributed by atoms with E-state index in [2.05, 4.69) is 24.6 Å². The Morgan fingerprint density at radius 1 is 1.24 bits per heavy atom. The Bertz CT molecular complexity index is 1100. The van der Waals surface area contributed by atoms with Crippen molar-refractivity contribution in [1.82, 2.24) is 20.2 Å². The first-order valence-corrected chi connectivity index (χ1v) is 10.9. The van der Waals surface area contributed by atoms with Crippen molar-refractivity contribution in [1.29, 1.82) is 0 Å². The Labute approximate surface area is 172 Å². The van der Waals surface area contributed by atoms with E-state index in [-0.39, 0.29) is 33.8 Å². The van der Waals surface area contributed by atoms with E-state index in [1.54, 1.807) is 6.92 Å². The quantitative estimate of drug-likeness (QED) is 0.517. The van der Waals surface area contributed by atoms with E-state index in [1.807, 2.05) is 0 Å². The summed E-state index contributed by atoms with van der Waals surface area (Å²) in [6.07, 6.45) is -0.414. The Hall–Kier alpha value is -2.25. The third-order valence-electron chi connectivity index (χ3n) is 3.49. The zero-order valence-corrected chi connectivity index (χ0v) is 17.1. The molecule has 14 heteroatoms. The summed E-state index contributed by atoms with van der Waals surface area (Å²) in [5.74, 6) is -1.94. The average molecular weight is 468 g/mol. The van der Waals surface area contributed by atoms with Crippen molar-refractivity contribution < 1.29 is 26.0 Å². The fourth-order valence-electron chi connectivity index (χ4n) is 2.30. The summed E-state index contributed by atoms with van der Waals surface area (Å²) in [6, 6.07) is 1.45. The van der Waals surface area contributed by atoms with Gasteiger partial charge in [0.15, 0.2) is 0 Å². The van der Waals surface area contributed by atoms with Crippen LogP contribution < -0.4 is 4.31 Å². The first-order valence-electron chi connectivity index (χ1n) is 8.07. The summed E-state index contributed by atoms with van der Waals surface area (Å²) >= 11 is 6.86. The molecule has 0 saturated heterocycles. The summed E-state index contributed by atoms with van der Waals surface area (Å²) < 4.78 is 69.0. The maximum atomic E-state index is 12.7. The van der Waals surface area contributed by atoms with Crippen molar-refractivity contribution in [3.63, 3.8) is 0 Å². The highest BCUT2D eigenvalue weighted by Gasteiger charge is 2.38. The SMILES string of the molecule is CCCS(=O)(=O)N(Cc1ncc(-c2nnc(C(F)(F)F)o2)s1)c1cncc(Cl)c1. The molecule has 156 valence electrons. The monoisotopic (exact) mass is 467 g/mol. The molecule has 3 aromatic heterocycles. The van der Waals surface area contributed by atoms with Gasteiger partial charge >= 0.3 is 12.1 Å². The second-order valence-electron chi connectivity index (χ2n) is 5.71. The minimum Gasteiger partial charge on any atom is -0.412 e. The zero-order valence-electron chi connectivity index (χ0n) is 14.7. The highest BCUT2D eigenvalue weighted by molar-refractivity contribution is 7.92. The molecule has 0 unspecified atom stereocenters. The number of halogens is 4. The maximum Gasteiger partial charge on any atom is 0.470 e. The Morgan fingerprint density at radius 3 is 2.62 bits per heavy atom. The van der Waals surface area contributed by atoms with Crippen molar-refractivity contribution in [2.24, 2.45) is 0 Å². The van der Waals surface area contributed by atoms with E-state index >= 15 is 0 Å². The van der Waals surface area contributed by atoms with Crippen LogP contribution in [0.3, 0.4) is 0 Å². The number of alkyl halides is 3. The topological polar surface area (TPSA) is 102 Å². The molecule has 0 atom stereocenters. The molecule has 0 aliphatic heterocycles. The van der Waals surface area contributed by atoms with Crippen molar-refractivity contribution in [2.45, 2.75) is 26.1 Å². The van der Waals surface area contributed by atoms with Gasteiger partial charge in [0, 0.05) is 6.20 Å². The number of hydrogen-bond donors (Lipinski definition) is 0. The molecular formula is C15H13ClF3N5O3S2. The normalized spacial score (nSPS) is 12.3. The minimum absolute atomic E-state index is 0.115. The molecule has 3 rings (SSSR count). The van der Waals surface area contributed by atoms with Crippen LogP contribution in [0.5, 0.6) is 0 Å². The van der Waals surface area contributed by atoms with Gasteiger partial charge in [-0.05, 0) is 12.5 Å². The molecule has 0 fully saturated rings. The van der Waals surface area contributed by atoms with Crippen LogP contribution in [0.4, 0.5) is 18.9 Å². The summed E-state index contributed by atoms with van der Waals surface area (Å²) in [5.41, 5.74) is 0.250. The number of nitrogens with zero attached hydrogens (tertiary/aromatic N) is 5. The van der Waals surface area contributed by atoms with Gasteiger partial charge in [-0.1, -0.05) is 18.5 Å².